The standard InChI is InChI=1S/C23H31N3O3/c1-3-26(4-2)23(27)20-9-8-10-22(17-20)29-16-7-5-6-15-28-21-13-11-19(12-14-21)18-25-24/h8-14,17-18H,3-7,15-16,24H2,1-2H3. The van der Waals surface area contributed by atoms with Crippen LogP contribution in [0.4, 0.5) is 0 Å². The van der Waals surface area contributed by atoms with Gasteiger partial charge in [-0.3, -0.25) is 4.79 Å². The minimum Gasteiger partial charge on any atom is -0.494 e. The minimum absolute atomic E-state index is 0.0425. The van der Waals surface area contributed by atoms with E-state index in [4.69, 9.17) is 15.3 Å². The van der Waals surface area contributed by atoms with Crippen LogP contribution < -0.4 is 15.3 Å². The predicted octanol–water partition coefficient (Wildman–Crippen LogP) is 4.09. The van der Waals surface area contributed by atoms with Crippen molar-refractivity contribution in [3.8, 4) is 11.5 Å². The second-order valence-electron chi connectivity index (χ2n) is 6.61. The van der Waals surface area contributed by atoms with E-state index in [1.807, 2.05) is 62.4 Å². The highest BCUT2D eigenvalue weighted by atomic mass is 16.5. The van der Waals surface area contributed by atoms with Gasteiger partial charge in [0.05, 0.1) is 19.4 Å². The number of unbranched alkanes of at least 4 members (excludes halogenated alkanes) is 2. The maximum atomic E-state index is 12.4. The van der Waals surface area contributed by atoms with Gasteiger partial charge >= 0.3 is 0 Å². The molecule has 0 aliphatic carbocycles. The fourth-order valence-electron chi connectivity index (χ4n) is 2.91. The SMILES string of the molecule is CCN(CC)C(=O)c1cccc(OCCCCCOc2ccc(C=NN)cc2)c1. The fraction of sp³-hybridized carbons (Fsp3) is 0.391. The zero-order chi connectivity index (χ0) is 20.9. The molecule has 0 spiro atoms. The monoisotopic (exact) mass is 397 g/mol. The molecule has 0 heterocycles. The molecule has 29 heavy (non-hydrogen) atoms. The number of amides is 1. The summed E-state index contributed by atoms with van der Waals surface area (Å²) in [6.45, 7) is 6.66. The molecular formula is C23H31N3O3. The topological polar surface area (TPSA) is 77.2 Å². The number of nitrogens with two attached hydrogens (primary N) is 1. The maximum Gasteiger partial charge on any atom is 0.253 e. The van der Waals surface area contributed by atoms with Gasteiger partial charge in [-0.1, -0.05) is 6.07 Å². The highest BCUT2D eigenvalue weighted by Crippen LogP contribution is 2.16. The highest BCUT2D eigenvalue weighted by molar-refractivity contribution is 5.94. The predicted molar refractivity (Wildman–Crippen MR) is 117 cm³/mol. The Bertz CT molecular complexity index is 771. The third-order valence-electron chi connectivity index (χ3n) is 4.56. The van der Waals surface area contributed by atoms with E-state index in [9.17, 15) is 4.79 Å². The molecule has 0 unspecified atom stereocenters. The van der Waals surface area contributed by atoms with Crippen LogP contribution in [-0.2, 0) is 0 Å². The third-order valence-corrected chi connectivity index (χ3v) is 4.56. The van der Waals surface area contributed by atoms with Crippen LogP contribution in [0.1, 0.15) is 49.0 Å². The normalized spacial score (nSPS) is 10.8. The molecule has 0 aliphatic rings. The van der Waals surface area contributed by atoms with Crippen molar-refractivity contribution in [1.29, 1.82) is 0 Å². The molecule has 0 bridgehead atoms. The highest BCUT2D eigenvalue weighted by Gasteiger charge is 2.12. The van der Waals surface area contributed by atoms with Gasteiger partial charge < -0.3 is 20.2 Å². The third kappa shape index (κ3) is 7.49. The van der Waals surface area contributed by atoms with E-state index in [0.29, 0.717) is 31.9 Å². The lowest BCUT2D eigenvalue weighted by Gasteiger charge is -2.19. The van der Waals surface area contributed by atoms with Crippen molar-refractivity contribution in [2.24, 2.45) is 10.9 Å². The van der Waals surface area contributed by atoms with Crippen LogP contribution in [0.25, 0.3) is 0 Å². The Morgan fingerprint density at radius 2 is 1.62 bits per heavy atom. The molecule has 0 fully saturated rings. The van der Waals surface area contributed by atoms with Gasteiger partial charge in [-0.15, -0.1) is 0 Å². The van der Waals surface area contributed by atoms with Crippen molar-refractivity contribution in [2.75, 3.05) is 26.3 Å². The Labute approximate surface area is 173 Å². The van der Waals surface area contributed by atoms with Crippen LogP contribution in [0, 0.1) is 0 Å². The van der Waals surface area contributed by atoms with Crippen molar-refractivity contribution >= 4 is 12.1 Å². The Morgan fingerprint density at radius 3 is 2.24 bits per heavy atom. The molecule has 2 aromatic carbocycles. The molecule has 0 saturated carbocycles. The molecule has 1 amide bonds. The molecule has 0 saturated heterocycles. The second-order valence-corrected chi connectivity index (χ2v) is 6.61. The molecule has 2 rings (SSSR count). The number of benzene rings is 2. The summed E-state index contributed by atoms with van der Waals surface area (Å²) in [6.07, 6.45) is 4.49. The summed E-state index contributed by atoms with van der Waals surface area (Å²) in [4.78, 5) is 14.2. The molecule has 6 heteroatoms. The van der Waals surface area contributed by atoms with E-state index in [2.05, 4.69) is 5.10 Å². The van der Waals surface area contributed by atoms with Gasteiger partial charge in [-0.2, -0.15) is 5.10 Å². The van der Waals surface area contributed by atoms with Gasteiger partial charge in [0.15, 0.2) is 0 Å². The summed E-state index contributed by atoms with van der Waals surface area (Å²) in [5.74, 6) is 6.75. The van der Waals surface area contributed by atoms with Crippen molar-refractivity contribution in [2.45, 2.75) is 33.1 Å². The van der Waals surface area contributed by atoms with Gasteiger partial charge in [-0.25, -0.2) is 0 Å². The van der Waals surface area contributed by atoms with E-state index in [-0.39, 0.29) is 5.91 Å². The first-order valence-corrected chi connectivity index (χ1v) is 10.2. The minimum atomic E-state index is 0.0425. The Morgan fingerprint density at radius 1 is 0.966 bits per heavy atom. The lowest BCUT2D eigenvalue weighted by molar-refractivity contribution is 0.0772. The van der Waals surface area contributed by atoms with Crippen LogP contribution in [0.5, 0.6) is 11.5 Å². The quantitative estimate of drug-likeness (QED) is 0.253. The molecule has 0 radical (unpaired) electrons. The zero-order valence-corrected chi connectivity index (χ0v) is 17.3. The number of carbonyl (C=O) groups excluding carboxylic acids is 1. The average molecular weight is 398 g/mol. The lowest BCUT2D eigenvalue weighted by atomic mass is 10.2. The Balaban J connectivity index is 1.65. The van der Waals surface area contributed by atoms with Crippen LogP contribution in [0.15, 0.2) is 53.6 Å². The van der Waals surface area contributed by atoms with Gasteiger partial charge in [0, 0.05) is 18.7 Å². The number of hydrogen-bond donors (Lipinski definition) is 1. The fourth-order valence-corrected chi connectivity index (χ4v) is 2.91. The van der Waals surface area contributed by atoms with Crippen LogP contribution in [0.3, 0.4) is 0 Å². The molecule has 2 N–H and O–H groups in total. The summed E-state index contributed by atoms with van der Waals surface area (Å²) in [7, 11) is 0. The molecule has 0 aliphatic heterocycles. The number of carbonyl (C=O) groups is 1. The first-order valence-electron chi connectivity index (χ1n) is 10.2. The van der Waals surface area contributed by atoms with Gasteiger partial charge in [0.1, 0.15) is 11.5 Å². The summed E-state index contributed by atoms with van der Waals surface area (Å²) >= 11 is 0. The Hall–Kier alpha value is -3.02. The van der Waals surface area contributed by atoms with Crippen LogP contribution >= 0.6 is 0 Å². The molecule has 2 aromatic rings. The van der Waals surface area contributed by atoms with Gasteiger partial charge in [0.25, 0.3) is 5.91 Å². The largest absolute Gasteiger partial charge is 0.494 e. The van der Waals surface area contributed by atoms with E-state index >= 15 is 0 Å². The van der Waals surface area contributed by atoms with Gasteiger partial charge in [0.2, 0.25) is 0 Å². The molecule has 0 aromatic heterocycles. The first kappa shape index (κ1) is 22.3. The van der Waals surface area contributed by atoms with E-state index in [1.165, 1.54) is 0 Å². The van der Waals surface area contributed by atoms with Crippen molar-refractivity contribution < 1.29 is 14.3 Å². The number of hydrogen-bond acceptors (Lipinski definition) is 5. The summed E-state index contributed by atoms with van der Waals surface area (Å²) in [5, 5.41) is 3.49. The second kappa shape index (κ2) is 12.4. The summed E-state index contributed by atoms with van der Waals surface area (Å²) in [6, 6.07) is 15.1. The lowest BCUT2D eigenvalue weighted by Crippen LogP contribution is -2.30. The molecular weight excluding hydrogens is 366 g/mol. The maximum absolute atomic E-state index is 12.4. The van der Waals surface area contributed by atoms with Crippen LogP contribution in [0.2, 0.25) is 0 Å². The number of rotatable bonds is 12. The van der Waals surface area contributed by atoms with E-state index in [1.54, 1.807) is 11.1 Å². The first-order chi connectivity index (χ1) is 14.2. The van der Waals surface area contributed by atoms with Gasteiger partial charge in [-0.05, 0) is 81.1 Å². The average Bonchev–Trinajstić information content (AvgIpc) is 2.75. The van der Waals surface area contributed by atoms with Crippen molar-refractivity contribution in [3.63, 3.8) is 0 Å². The summed E-state index contributed by atoms with van der Waals surface area (Å²) in [5.41, 5.74) is 1.61. The summed E-state index contributed by atoms with van der Waals surface area (Å²) < 4.78 is 11.5. The van der Waals surface area contributed by atoms with Crippen molar-refractivity contribution in [1.82, 2.24) is 4.90 Å². The number of nitrogens with zero attached hydrogens (tertiary/aromatic N) is 2. The van der Waals surface area contributed by atoms with E-state index < -0.39 is 0 Å². The Kier molecular flexibility index (Phi) is 9.55. The molecule has 0 atom stereocenters. The van der Waals surface area contributed by atoms with E-state index in [0.717, 1.165) is 36.3 Å². The number of hydrazone groups is 1. The smallest absolute Gasteiger partial charge is 0.253 e. The van der Waals surface area contributed by atoms with Crippen molar-refractivity contribution in [3.05, 3.63) is 59.7 Å². The van der Waals surface area contributed by atoms with Crippen LogP contribution in [-0.4, -0.2) is 43.3 Å². The zero-order valence-electron chi connectivity index (χ0n) is 17.3. The molecule has 156 valence electrons. The molecule has 6 nitrogen and oxygen atoms in total. The number of ether oxygens (including phenoxy) is 2.